The van der Waals surface area contributed by atoms with E-state index >= 15 is 0 Å². The quantitative estimate of drug-likeness (QED) is 0.849. The Balaban J connectivity index is 2.64. The van der Waals surface area contributed by atoms with Crippen LogP contribution in [0.3, 0.4) is 0 Å². The summed E-state index contributed by atoms with van der Waals surface area (Å²) in [4.78, 5) is 0. The van der Waals surface area contributed by atoms with E-state index in [1.807, 2.05) is 31.2 Å². The van der Waals surface area contributed by atoms with Crippen molar-refractivity contribution in [1.29, 1.82) is 0 Å². The van der Waals surface area contributed by atoms with Gasteiger partial charge in [-0.3, -0.25) is 0 Å². The van der Waals surface area contributed by atoms with E-state index in [4.69, 9.17) is 4.74 Å². The predicted octanol–water partition coefficient (Wildman–Crippen LogP) is 4.19. The molecule has 2 heteroatoms. The van der Waals surface area contributed by atoms with E-state index < -0.39 is 6.10 Å². The van der Waals surface area contributed by atoms with Crippen LogP contribution in [0.25, 0.3) is 0 Å². The molecule has 0 amide bonds. The lowest BCUT2D eigenvalue weighted by Gasteiger charge is -2.29. The molecular weight excluding hydrogens is 224 g/mol. The predicted molar refractivity (Wildman–Crippen MR) is 75.8 cm³/mol. The number of ether oxygens (including phenoxy) is 1. The van der Waals surface area contributed by atoms with Gasteiger partial charge in [-0.15, -0.1) is 0 Å². The third-order valence-corrected chi connectivity index (χ3v) is 3.63. The molecule has 2 unspecified atom stereocenters. The minimum absolute atomic E-state index is 0.228. The van der Waals surface area contributed by atoms with Crippen LogP contribution in [0, 0.1) is 11.3 Å². The van der Waals surface area contributed by atoms with Gasteiger partial charge in [0.15, 0.2) is 0 Å². The molecule has 1 aromatic carbocycles. The largest absolute Gasteiger partial charge is 0.494 e. The fraction of sp³-hybridized carbons (Fsp3) is 0.625. The number of hydrogen-bond acceptors (Lipinski definition) is 2. The molecule has 2 nitrogen and oxygen atoms in total. The summed E-state index contributed by atoms with van der Waals surface area (Å²) in [5, 5.41) is 10.2. The van der Waals surface area contributed by atoms with E-state index in [1.54, 1.807) is 0 Å². The van der Waals surface area contributed by atoms with Crippen LogP contribution in [0.2, 0.25) is 0 Å². The number of aliphatic hydroxyl groups is 1. The first kappa shape index (κ1) is 15.0. The molecule has 0 aromatic heterocycles. The van der Waals surface area contributed by atoms with Gasteiger partial charge in [0, 0.05) is 0 Å². The first-order chi connectivity index (χ1) is 8.34. The first-order valence-corrected chi connectivity index (χ1v) is 6.75. The summed E-state index contributed by atoms with van der Waals surface area (Å²) in [5.41, 5.74) is 1.20. The standard InChI is InChI=1S/C16H26O2/c1-6-18-14-9-7-13(8-10-14)15(17)11-12(2)16(3,4)5/h7-10,12,15,17H,6,11H2,1-5H3. The van der Waals surface area contributed by atoms with E-state index in [-0.39, 0.29) is 5.41 Å². The Kier molecular flexibility index (Phi) is 5.21. The fourth-order valence-electron chi connectivity index (χ4n) is 1.78. The van der Waals surface area contributed by atoms with Crippen molar-refractivity contribution in [2.75, 3.05) is 6.61 Å². The molecule has 0 radical (unpaired) electrons. The highest BCUT2D eigenvalue weighted by Gasteiger charge is 2.23. The molecule has 0 saturated carbocycles. The molecule has 0 spiro atoms. The summed E-state index contributed by atoms with van der Waals surface area (Å²) in [7, 11) is 0. The maximum atomic E-state index is 10.2. The number of benzene rings is 1. The van der Waals surface area contributed by atoms with Gasteiger partial charge in [0.25, 0.3) is 0 Å². The zero-order chi connectivity index (χ0) is 13.8. The summed E-state index contributed by atoms with van der Waals surface area (Å²) in [5.74, 6) is 1.33. The van der Waals surface area contributed by atoms with E-state index in [0.717, 1.165) is 17.7 Å². The molecular formula is C16H26O2. The molecule has 0 fully saturated rings. The average Bonchev–Trinajstić information content (AvgIpc) is 2.29. The molecule has 102 valence electrons. The van der Waals surface area contributed by atoms with Gasteiger partial charge in [-0.25, -0.2) is 0 Å². The second-order valence-electron chi connectivity index (χ2n) is 6.02. The third-order valence-electron chi connectivity index (χ3n) is 3.63. The van der Waals surface area contributed by atoms with E-state index in [1.165, 1.54) is 0 Å². The van der Waals surface area contributed by atoms with Crippen LogP contribution in [0.15, 0.2) is 24.3 Å². The van der Waals surface area contributed by atoms with Gasteiger partial charge in [-0.1, -0.05) is 39.8 Å². The monoisotopic (exact) mass is 250 g/mol. The van der Waals surface area contributed by atoms with Gasteiger partial charge in [0.1, 0.15) is 5.75 Å². The molecule has 0 aliphatic carbocycles. The van der Waals surface area contributed by atoms with Gasteiger partial charge in [0.05, 0.1) is 12.7 Å². The van der Waals surface area contributed by atoms with Crippen molar-refractivity contribution in [1.82, 2.24) is 0 Å². The number of hydrogen-bond donors (Lipinski definition) is 1. The Morgan fingerprint density at radius 2 is 1.72 bits per heavy atom. The van der Waals surface area contributed by atoms with E-state index in [9.17, 15) is 5.11 Å². The van der Waals surface area contributed by atoms with Crippen LogP contribution in [0.4, 0.5) is 0 Å². The minimum atomic E-state index is -0.394. The second kappa shape index (κ2) is 6.24. The van der Waals surface area contributed by atoms with Crippen molar-refractivity contribution in [2.45, 2.75) is 47.1 Å². The van der Waals surface area contributed by atoms with Crippen molar-refractivity contribution in [3.05, 3.63) is 29.8 Å². The van der Waals surface area contributed by atoms with Crippen LogP contribution < -0.4 is 4.74 Å². The minimum Gasteiger partial charge on any atom is -0.494 e. The molecule has 0 saturated heterocycles. The Morgan fingerprint density at radius 3 is 2.17 bits per heavy atom. The molecule has 1 rings (SSSR count). The Bertz CT molecular complexity index is 348. The topological polar surface area (TPSA) is 29.5 Å². The second-order valence-corrected chi connectivity index (χ2v) is 6.02. The highest BCUT2D eigenvalue weighted by molar-refractivity contribution is 5.28. The molecule has 1 N–H and O–H groups in total. The number of aliphatic hydroxyl groups excluding tert-OH is 1. The molecule has 2 atom stereocenters. The third kappa shape index (κ3) is 4.34. The van der Waals surface area contributed by atoms with Gasteiger partial charge in [-0.2, -0.15) is 0 Å². The highest BCUT2D eigenvalue weighted by atomic mass is 16.5. The fourth-order valence-corrected chi connectivity index (χ4v) is 1.78. The number of rotatable bonds is 5. The lowest BCUT2D eigenvalue weighted by Crippen LogP contribution is -2.19. The molecule has 0 heterocycles. The van der Waals surface area contributed by atoms with Crippen molar-refractivity contribution < 1.29 is 9.84 Å². The Labute approximate surface area is 111 Å². The van der Waals surface area contributed by atoms with Crippen molar-refractivity contribution in [3.63, 3.8) is 0 Å². The van der Waals surface area contributed by atoms with Crippen molar-refractivity contribution in [2.24, 2.45) is 11.3 Å². The maximum Gasteiger partial charge on any atom is 0.119 e. The van der Waals surface area contributed by atoms with Gasteiger partial charge < -0.3 is 9.84 Å². The van der Waals surface area contributed by atoms with Crippen LogP contribution in [-0.2, 0) is 0 Å². The highest BCUT2D eigenvalue weighted by Crippen LogP contribution is 2.33. The summed E-state index contributed by atoms with van der Waals surface area (Å²) >= 11 is 0. The molecule has 0 aliphatic rings. The van der Waals surface area contributed by atoms with Gasteiger partial charge >= 0.3 is 0 Å². The summed E-state index contributed by atoms with van der Waals surface area (Å²) in [6, 6.07) is 7.74. The SMILES string of the molecule is CCOc1ccc(C(O)CC(C)C(C)(C)C)cc1. The summed E-state index contributed by atoms with van der Waals surface area (Å²) < 4.78 is 5.39. The average molecular weight is 250 g/mol. The Morgan fingerprint density at radius 1 is 1.17 bits per heavy atom. The smallest absolute Gasteiger partial charge is 0.119 e. The normalized spacial score (nSPS) is 15.2. The van der Waals surface area contributed by atoms with E-state index in [0.29, 0.717) is 12.5 Å². The zero-order valence-corrected chi connectivity index (χ0v) is 12.2. The Hall–Kier alpha value is -1.02. The van der Waals surface area contributed by atoms with Crippen LogP contribution >= 0.6 is 0 Å². The lowest BCUT2D eigenvalue weighted by molar-refractivity contribution is 0.111. The van der Waals surface area contributed by atoms with Crippen molar-refractivity contribution >= 4 is 0 Å². The summed E-state index contributed by atoms with van der Waals surface area (Å²) in [6.07, 6.45) is 0.396. The van der Waals surface area contributed by atoms with Gasteiger partial charge in [0.2, 0.25) is 0 Å². The molecule has 0 aliphatic heterocycles. The van der Waals surface area contributed by atoms with Crippen LogP contribution in [-0.4, -0.2) is 11.7 Å². The summed E-state index contributed by atoms with van der Waals surface area (Å²) in [6.45, 7) is 11.5. The molecule has 1 aromatic rings. The van der Waals surface area contributed by atoms with Crippen LogP contribution in [0.1, 0.15) is 52.7 Å². The van der Waals surface area contributed by atoms with Crippen LogP contribution in [0.5, 0.6) is 5.75 Å². The maximum absolute atomic E-state index is 10.2. The lowest BCUT2D eigenvalue weighted by atomic mass is 9.78. The molecule has 0 bridgehead atoms. The van der Waals surface area contributed by atoms with Crippen molar-refractivity contribution in [3.8, 4) is 5.75 Å². The van der Waals surface area contributed by atoms with Gasteiger partial charge in [-0.05, 0) is 42.4 Å². The first-order valence-electron chi connectivity index (χ1n) is 6.75. The van der Waals surface area contributed by atoms with E-state index in [2.05, 4.69) is 27.7 Å². The zero-order valence-electron chi connectivity index (χ0n) is 12.2. The molecule has 18 heavy (non-hydrogen) atoms.